The van der Waals surface area contributed by atoms with Crippen LogP contribution in [0.25, 0.3) is 0 Å². The molecular formula is C18H26F2N4O4. The molecule has 1 atom stereocenters. The summed E-state index contributed by atoms with van der Waals surface area (Å²) in [6, 6.07) is -0.146. The fourth-order valence-electron chi connectivity index (χ4n) is 3.14. The second-order valence-corrected chi connectivity index (χ2v) is 8.45. The number of nitrogens with zero attached hydrogens (tertiary/aromatic N) is 3. The van der Waals surface area contributed by atoms with Crippen LogP contribution in [0.2, 0.25) is 0 Å². The summed E-state index contributed by atoms with van der Waals surface area (Å²) in [5.41, 5.74) is -0.469. The van der Waals surface area contributed by atoms with E-state index in [-0.39, 0.29) is 19.2 Å². The summed E-state index contributed by atoms with van der Waals surface area (Å²) in [5.74, 6) is -0.407. The average Bonchev–Trinajstić information content (AvgIpc) is 3.20. The molecular weight excluding hydrogens is 374 g/mol. The van der Waals surface area contributed by atoms with Gasteiger partial charge in [-0.1, -0.05) is 0 Å². The summed E-state index contributed by atoms with van der Waals surface area (Å²) in [6.45, 7) is 4.76. The van der Waals surface area contributed by atoms with Gasteiger partial charge in [0.1, 0.15) is 5.60 Å². The molecule has 1 aliphatic carbocycles. The van der Waals surface area contributed by atoms with Crippen molar-refractivity contribution in [3.8, 4) is 0 Å². The molecule has 2 heterocycles. The van der Waals surface area contributed by atoms with Crippen molar-refractivity contribution in [3.63, 3.8) is 0 Å². The number of halogens is 2. The van der Waals surface area contributed by atoms with Gasteiger partial charge < -0.3 is 14.8 Å². The number of carbonyl (C=O) groups is 2. The summed E-state index contributed by atoms with van der Waals surface area (Å²) in [6.07, 6.45) is 2.15. The number of hydrogen-bond donors (Lipinski definition) is 1. The Balaban J connectivity index is 1.72. The number of carbonyl (C=O) groups excluding carboxylic acids is 2. The lowest BCUT2D eigenvalue weighted by molar-refractivity contribution is -0.135. The van der Waals surface area contributed by atoms with E-state index in [4.69, 9.17) is 4.74 Å². The lowest BCUT2D eigenvalue weighted by Gasteiger charge is -2.35. The molecule has 10 heteroatoms. The Morgan fingerprint density at radius 1 is 1.39 bits per heavy atom. The van der Waals surface area contributed by atoms with Gasteiger partial charge in [0.05, 0.1) is 48.7 Å². The molecule has 8 nitrogen and oxygen atoms in total. The second-order valence-electron chi connectivity index (χ2n) is 8.45. The van der Waals surface area contributed by atoms with Crippen LogP contribution in [-0.2, 0) is 22.6 Å². The molecule has 2 amide bonds. The van der Waals surface area contributed by atoms with Gasteiger partial charge in [-0.3, -0.25) is 14.4 Å². The molecule has 1 N–H and O–H groups in total. The van der Waals surface area contributed by atoms with Gasteiger partial charge in [-0.05, 0) is 40.5 Å². The van der Waals surface area contributed by atoms with Crippen molar-refractivity contribution in [1.82, 2.24) is 20.0 Å². The highest BCUT2D eigenvalue weighted by molar-refractivity contribution is 5.96. The highest BCUT2D eigenvalue weighted by Gasteiger charge is 2.46. The van der Waals surface area contributed by atoms with Crippen LogP contribution in [0, 0.1) is 0 Å². The molecule has 0 aromatic carbocycles. The lowest BCUT2D eigenvalue weighted by atomic mass is 10.1. The Bertz CT molecular complexity index is 755. The molecule has 1 fully saturated rings. The maximum atomic E-state index is 12.7. The summed E-state index contributed by atoms with van der Waals surface area (Å²) in [5, 5.41) is 7.03. The van der Waals surface area contributed by atoms with Gasteiger partial charge >= 0.3 is 12.7 Å². The third-order valence-corrected chi connectivity index (χ3v) is 4.83. The minimum atomic E-state index is -2.87. The first-order valence-corrected chi connectivity index (χ1v) is 9.26. The average molecular weight is 400 g/mol. The largest absolute Gasteiger partial charge is 0.444 e. The van der Waals surface area contributed by atoms with Crippen LogP contribution in [0.4, 0.5) is 13.6 Å². The summed E-state index contributed by atoms with van der Waals surface area (Å²) in [4.78, 5) is 26.8. The van der Waals surface area contributed by atoms with E-state index in [2.05, 4.69) is 15.2 Å². The minimum absolute atomic E-state index is 0.146. The SMILES string of the molecule is CC1Cn2ncc(C(=O)NC3(COC(F)F)CC3)c2CN1C(=O)OC(C)(C)C. The number of alkyl halides is 2. The molecule has 1 aromatic heterocycles. The Morgan fingerprint density at radius 2 is 2.07 bits per heavy atom. The molecule has 28 heavy (non-hydrogen) atoms. The Labute approximate surface area is 162 Å². The summed E-state index contributed by atoms with van der Waals surface area (Å²) >= 11 is 0. The van der Waals surface area contributed by atoms with E-state index in [1.165, 1.54) is 6.20 Å². The highest BCUT2D eigenvalue weighted by Crippen LogP contribution is 2.36. The van der Waals surface area contributed by atoms with E-state index in [9.17, 15) is 18.4 Å². The highest BCUT2D eigenvalue weighted by atomic mass is 19.3. The second kappa shape index (κ2) is 7.31. The number of fused-ring (bicyclic) bond motifs is 1. The predicted molar refractivity (Wildman–Crippen MR) is 94.9 cm³/mol. The van der Waals surface area contributed by atoms with E-state index in [1.807, 2.05) is 6.92 Å². The van der Waals surface area contributed by atoms with Gasteiger partial charge in [-0.15, -0.1) is 0 Å². The quantitative estimate of drug-likeness (QED) is 0.821. The zero-order valence-electron chi connectivity index (χ0n) is 16.5. The maximum absolute atomic E-state index is 12.7. The summed E-state index contributed by atoms with van der Waals surface area (Å²) in [7, 11) is 0. The zero-order chi connectivity index (χ0) is 20.7. The van der Waals surface area contributed by atoms with Gasteiger partial charge in [0.2, 0.25) is 0 Å². The standard InChI is InChI=1S/C18H26F2N4O4/c1-11-8-24-13(9-23(11)16(26)28-17(2,3)4)12(7-21-24)14(25)22-18(5-6-18)10-27-15(19)20/h7,11,15H,5-6,8-10H2,1-4H3,(H,22,25). The minimum Gasteiger partial charge on any atom is -0.444 e. The number of hydrogen-bond acceptors (Lipinski definition) is 5. The van der Waals surface area contributed by atoms with Crippen molar-refractivity contribution >= 4 is 12.0 Å². The van der Waals surface area contributed by atoms with E-state index in [0.29, 0.717) is 30.6 Å². The van der Waals surface area contributed by atoms with E-state index in [0.717, 1.165) is 0 Å². The number of nitrogens with one attached hydrogen (secondary N) is 1. The van der Waals surface area contributed by atoms with Crippen molar-refractivity contribution in [3.05, 3.63) is 17.5 Å². The van der Waals surface area contributed by atoms with E-state index >= 15 is 0 Å². The molecule has 1 saturated carbocycles. The lowest BCUT2D eigenvalue weighted by Crippen LogP contribution is -2.47. The van der Waals surface area contributed by atoms with Crippen molar-refractivity contribution in [1.29, 1.82) is 0 Å². The fraction of sp³-hybridized carbons (Fsp3) is 0.722. The monoisotopic (exact) mass is 400 g/mol. The van der Waals surface area contributed by atoms with E-state index in [1.54, 1.807) is 30.4 Å². The van der Waals surface area contributed by atoms with Crippen molar-refractivity contribution < 1.29 is 27.8 Å². The van der Waals surface area contributed by atoms with Crippen LogP contribution < -0.4 is 5.32 Å². The Kier molecular flexibility index (Phi) is 5.35. The first-order chi connectivity index (χ1) is 13.0. The van der Waals surface area contributed by atoms with Crippen LogP contribution >= 0.6 is 0 Å². The zero-order valence-corrected chi connectivity index (χ0v) is 16.5. The molecule has 1 aromatic rings. The molecule has 2 aliphatic rings. The summed E-state index contributed by atoms with van der Waals surface area (Å²) < 4.78 is 36.1. The van der Waals surface area contributed by atoms with E-state index < -0.39 is 29.8 Å². The first kappa shape index (κ1) is 20.5. The van der Waals surface area contributed by atoms with Gasteiger partial charge in [0.25, 0.3) is 5.91 Å². The third-order valence-electron chi connectivity index (χ3n) is 4.83. The molecule has 0 radical (unpaired) electrons. The van der Waals surface area contributed by atoms with Gasteiger partial charge in [-0.2, -0.15) is 13.9 Å². The molecule has 0 bridgehead atoms. The van der Waals surface area contributed by atoms with Crippen LogP contribution in [0.3, 0.4) is 0 Å². The fourth-order valence-corrected chi connectivity index (χ4v) is 3.14. The normalized spacial score (nSPS) is 20.7. The molecule has 1 unspecified atom stereocenters. The third kappa shape index (κ3) is 4.60. The molecule has 1 aliphatic heterocycles. The Morgan fingerprint density at radius 3 is 2.64 bits per heavy atom. The Hall–Kier alpha value is -2.23. The van der Waals surface area contributed by atoms with Crippen molar-refractivity contribution in [2.45, 2.75) is 77.4 Å². The van der Waals surface area contributed by atoms with Crippen LogP contribution in [-0.4, -0.2) is 57.1 Å². The predicted octanol–water partition coefficient (Wildman–Crippen LogP) is 2.52. The first-order valence-electron chi connectivity index (χ1n) is 9.26. The number of rotatable bonds is 5. The van der Waals surface area contributed by atoms with Gasteiger partial charge in [-0.25, -0.2) is 4.79 Å². The topological polar surface area (TPSA) is 85.7 Å². The number of aromatic nitrogens is 2. The molecule has 3 rings (SSSR count). The molecule has 0 saturated heterocycles. The molecule has 156 valence electrons. The van der Waals surface area contributed by atoms with Crippen LogP contribution in [0.5, 0.6) is 0 Å². The van der Waals surface area contributed by atoms with Gasteiger partial charge in [0, 0.05) is 0 Å². The van der Waals surface area contributed by atoms with Gasteiger partial charge in [0.15, 0.2) is 0 Å². The number of ether oxygens (including phenoxy) is 2. The maximum Gasteiger partial charge on any atom is 0.410 e. The van der Waals surface area contributed by atoms with Crippen LogP contribution in [0.1, 0.15) is 56.6 Å². The number of amides is 2. The van der Waals surface area contributed by atoms with Crippen molar-refractivity contribution in [2.24, 2.45) is 0 Å². The smallest absolute Gasteiger partial charge is 0.410 e. The van der Waals surface area contributed by atoms with Crippen molar-refractivity contribution in [2.75, 3.05) is 6.61 Å². The van der Waals surface area contributed by atoms with Crippen LogP contribution in [0.15, 0.2) is 6.20 Å². The molecule has 0 spiro atoms.